The Kier molecular flexibility index (Phi) is 3.20. The first-order valence-corrected chi connectivity index (χ1v) is 5.20. The lowest BCUT2D eigenvalue weighted by atomic mass is 10.1. The highest BCUT2D eigenvalue weighted by Gasteiger charge is 2.32. The second-order valence-electron chi connectivity index (χ2n) is 3.86. The molecule has 4 nitrogen and oxygen atoms in total. The molecule has 0 spiro atoms. The monoisotopic (exact) mass is 218 g/mol. The van der Waals surface area contributed by atoms with E-state index in [2.05, 4.69) is 5.32 Å². The van der Waals surface area contributed by atoms with Crippen molar-refractivity contribution >= 4 is 0 Å². The van der Waals surface area contributed by atoms with Crippen LogP contribution < -0.4 is 5.32 Å². The summed E-state index contributed by atoms with van der Waals surface area (Å²) in [4.78, 5) is 0. The summed E-state index contributed by atoms with van der Waals surface area (Å²) < 4.78 is 4.94. The van der Waals surface area contributed by atoms with Crippen LogP contribution in [-0.2, 0) is 11.2 Å². The molecule has 0 aromatic heterocycles. The molecule has 0 bridgehead atoms. The van der Waals surface area contributed by atoms with Crippen molar-refractivity contribution in [2.75, 3.05) is 7.11 Å². The van der Waals surface area contributed by atoms with E-state index >= 15 is 0 Å². The predicted octanol–water partition coefficient (Wildman–Crippen LogP) is 0.730. The van der Waals surface area contributed by atoms with Gasteiger partial charge < -0.3 is 9.84 Å². The fourth-order valence-electron chi connectivity index (χ4n) is 2.10. The first-order valence-electron chi connectivity index (χ1n) is 5.20. The third-order valence-corrected chi connectivity index (χ3v) is 2.89. The van der Waals surface area contributed by atoms with Gasteiger partial charge in [-0.05, 0) is 11.1 Å². The van der Waals surface area contributed by atoms with E-state index in [0.717, 1.165) is 11.1 Å². The van der Waals surface area contributed by atoms with Crippen molar-refractivity contribution in [2.45, 2.75) is 24.8 Å². The van der Waals surface area contributed by atoms with Crippen LogP contribution in [0.5, 0.6) is 0 Å². The second kappa shape index (κ2) is 4.62. The Balaban J connectivity index is 2.19. The average molecular weight is 218 g/mol. The molecule has 2 rings (SSSR count). The minimum atomic E-state index is -0.689. The lowest BCUT2D eigenvalue weighted by Crippen LogP contribution is -2.37. The maximum absolute atomic E-state index is 9.92. The number of hydrogen-bond acceptors (Lipinski definition) is 4. The summed E-state index contributed by atoms with van der Waals surface area (Å²) in [6, 6.07) is 9.60. The molecule has 84 valence electrons. The second-order valence-corrected chi connectivity index (χ2v) is 3.86. The smallest absolute Gasteiger partial charge is 0.197 e. The molecule has 1 aromatic rings. The summed E-state index contributed by atoms with van der Waals surface area (Å²) in [7, 11) is 1.47. The van der Waals surface area contributed by atoms with E-state index in [1.807, 2.05) is 30.3 Å². The molecule has 4 heteroatoms. The van der Waals surface area contributed by atoms with Crippen molar-refractivity contribution in [3.05, 3.63) is 35.4 Å². The zero-order valence-corrected chi connectivity index (χ0v) is 9.05. The lowest BCUT2D eigenvalue weighted by molar-refractivity contribution is 0.0694. The van der Waals surface area contributed by atoms with Crippen LogP contribution in [0.2, 0.25) is 0 Å². The van der Waals surface area contributed by atoms with Gasteiger partial charge in [-0.1, -0.05) is 24.3 Å². The number of benzene rings is 1. The maximum atomic E-state index is 9.92. The third-order valence-electron chi connectivity index (χ3n) is 2.89. The molecule has 0 saturated heterocycles. The molecule has 0 heterocycles. The van der Waals surface area contributed by atoms with Gasteiger partial charge in [0.05, 0.1) is 12.1 Å². The van der Waals surface area contributed by atoms with Crippen molar-refractivity contribution in [3.63, 3.8) is 0 Å². The van der Waals surface area contributed by atoms with Gasteiger partial charge >= 0.3 is 0 Å². The molecular weight excluding hydrogens is 204 g/mol. The normalized spacial score (nSPS) is 24.8. The quantitative estimate of drug-likeness (QED) is 0.734. The van der Waals surface area contributed by atoms with Crippen molar-refractivity contribution in [3.8, 4) is 6.07 Å². The Bertz CT molecular complexity index is 414. The molecule has 0 radical (unpaired) electrons. The van der Waals surface area contributed by atoms with Crippen LogP contribution in [-0.4, -0.2) is 24.5 Å². The Hall–Kier alpha value is -1.41. The van der Waals surface area contributed by atoms with Gasteiger partial charge in [-0.2, -0.15) is 5.26 Å². The number of nitrogens with zero attached hydrogens (tertiary/aromatic N) is 1. The van der Waals surface area contributed by atoms with Gasteiger partial charge in [0, 0.05) is 13.5 Å². The van der Waals surface area contributed by atoms with Gasteiger partial charge in [0.1, 0.15) is 6.07 Å². The summed E-state index contributed by atoms with van der Waals surface area (Å²) in [5, 5.41) is 21.7. The van der Waals surface area contributed by atoms with E-state index in [0.29, 0.717) is 6.42 Å². The number of nitrogens with one attached hydrogen (secondary N) is 1. The first kappa shape index (κ1) is 11.1. The molecule has 1 aliphatic rings. The fourth-order valence-corrected chi connectivity index (χ4v) is 2.10. The molecule has 0 fully saturated rings. The summed E-state index contributed by atoms with van der Waals surface area (Å²) >= 11 is 0. The molecule has 0 saturated carbocycles. The number of nitriles is 1. The molecule has 16 heavy (non-hydrogen) atoms. The van der Waals surface area contributed by atoms with E-state index in [1.165, 1.54) is 7.11 Å². The van der Waals surface area contributed by atoms with Crippen LogP contribution in [0, 0.1) is 11.3 Å². The molecule has 0 unspecified atom stereocenters. The van der Waals surface area contributed by atoms with Gasteiger partial charge in [-0.25, -0.2) is 0 Å². The van der Waals surface area contributed by atoms with Crippen LogP contribution in [0.15, 0.2) is 24.3 Å². The topological polar surface area (TPSA) is 65.3 Å². The van der Waals surface area contributed by atoms with Gasteiger partial charge in [0.2, 0.25) is 0 Å². The van der Waals surface area contributed by atoms with Crippen LogP contribution in [0.1, 0.15) is 17.2 Å². The largest absolute Gasteiger partial charge is 0.391 e. The molecule has 3 atom stereocenters. The van der Waals surface area contributed by atoms with Crippen molar-refractivity contribution < 1.29 is 9.84 Å². The van der Waals surface area contributed by atoms with E-state index in [9.17, 15) is 5.11 Å². The van der Waals surface area contributed by atoms with Gasteiger partial charge in [0.25, 0.3) is 0 Å². The van der Waals surface area contributed by atoms with Gasteiger partial charge in [-0.3, -0.25) is 5.32 Å². The Labute approximate surface area is 94.5 Å². The summed E-state index contributed by atoms with van der Waals surface area (Å²) in [6.45, 7) is 0. The third kappa shape index (κ3) is 1.93. The highest BCUT2D eigenvalue weighted by Crippen LogP contribution is 2.31. The molecule has 0 aliphatic heterocycles. The zero-order chi connectivity index (χ0) is 11.5. The Morgan fingerprint density at radius 1 is 1.56 bits per heavy atom. The number of hydrogen-bond donors (Lipinski definition) is 2. The lowest BCUT2D eigenvalue weighted by Gasteiger charge is -2.20. The number of fused-ring (bicyclic) bond motifs is 1. The molecule has 0 amide bonds. The van der Waals surface area contributed by atoms with Crippen molar-refractivity contribution in [2.24, 2.45) is 0 Å². The minimum absolute atomic E-state index is 0.221. The summed E-state index contributed by atoms with van der Waals surface area (Å²) in [6.07, 6.45) is -0.565. The summed E-state index contributed by atoms with van der Waals surface area (Å²) in [5.74, 6) is 0. The van der Waals surface area contributed by atoms with Gasteiger partial charge in [-0.15, -0.1) is 0 Å². The van der Waals surface area contributed by atoms with Crippen molar-refractivity contribution in [1.82, 2.24) is 5.32 Å². The molecule has 1 aromatic carbocycles. The predicted molar refractivity (Wildman–Crippen MR) is 58.4 cm³/mol. The Morgan fingerprint density at radius 3 is 3.00 bits per heavy atom. The molecular formula is C12H14N2O2. The van der Waals surface area contributed by atoms with Crippen molar-refractivity contribution in [1.29, 1.82) is 5.26 Å². The highest BCUT2D eigenvalue weighted by molar-refractivity contribution is 5.36. The highest BCUT2D eigenvalue weighted by atomic mass is 16.5. The SMILES string of the molecule is CO[C@@H](C#N)N[C@H]1c2ccccc2C[C@H]1O. The molecule has 1 aliphatic carbocycles. The zero-order valence-electron chi connectivity index (χ0n) is 9.05. The van der Waals surface area contributed by atoms with Gasteiger partial charge in [0.15, 0.2) is 6.23 Å². The number of rotatable bonds is 3. The number of aliphatic hydroxyl groups excluding tert-OH is 1. The fraction of sp³-hybridized carbons (Fsp3) is 0.417. The van der Waals surface area contributed by atoms with Crippen LogP contribution in [0.4, 0.5) is 0 Å². The van der Waals surface area contributed by atoms with Crippen LogP contribution >= 0.6 is 0 Å². The van der Waals surface area contributed by atoms with Crippen LogP contribution in [0.3, 0.4) is 0 Å². The summed E-state index contributed by atoms with van der Waals surface area (Å²) in [5.41, 5.74) is 2.17. The number of methoxy groups -OCH3 is 1. The van der Waals surface area contributed by atoms with E-state index in [-0.39, 0.29) is 6.04 Å². The molecule has 2 N–H and O–H groups in total. The first-order chi connectivity index (χ1) is 7.76. The average Bonchev–Trinajstić information content (AvgIpc) is 2.62. The minimum Gasteiger partial charge on any atom is -0.391 e. The van der Waals surface area contributed by atoms with E-state index in [4.69, 9.17) is 10.00 Å². The number of aliphatic hydroxyl groups is 1. The standard InChI is InChI=1S/C12H14N2O2/c1-16-11(7-13)14-12-9-5-3-2-4-8(9)6-10(12)15/h2-5,10-12,14-15H,6H2,1H3/t10-,11+,12+/m1/s1. The maximum Gasteiger partial charge on any atom is 0.197 e. The van der Waals surface area contributed by atoms with Crippen LogP contribution in [0.25, 0.3) is 0 Å². The Morgan fingerprint density at radius 2 is 2.31 bits per heavy atom. The van der Waals surface area contributed by atoms with E-state index in [1.54, 1.807) is 0 Å². The number of ether oxygens (including phenoxy) is 1. The van der Waals surface area contributed by atoms with E-state index < -0.39 is 12.3 Å².